The smallest absolute Gasteiger partial charge is 0.0408 e. The van der Waals surface area contributed by atoms with Crippen molar-refractivity contribution < 1.29 is 0 Å². The Labute approximate surface area is 104 Å². The van der Waals surface area contributed by atoms with Gasteiger partial charge in [-0.15, -0.1) is 0 Å². The first kappa shape index (κ1) is 13.5. The number of rotatable bonds is 7. The van der Waals surface area contributed by atoms with Crippen LogP contribution in [0.2, 0.25) is 5.02 Å². The SMILES string of the molecule is CCCCc1cc(Cl)ccc1CNCCC. The molecule has 1 aromatic rings. The summed E-state index contributed by atoms with van der Waals surface area (Å²) in [5.41, 5.74) is 2.80. The van der Waals surface area contributed by atoms with Gasteiger partial charge in [-0.3, -0.25) is 0 Å². The predicted molar refractivity (Wildman–Crippen MR) is 72.1 cm³/mol. The second-order valence-corrected chi connectivity index (χ2v) is 4.63. The number of unbranched alkanes of at least 4 members (excludes halogenated alkanes) is 1. The third-order valence-electron chi connectivity index (χ3n) is 2.71. The van der Waals surface area contributed by atoms with Crippen molar-refractivity contribution in [1.82, 2.24) is 5.32 Å². The van der Waals surface area contributed by atoms with E-state index in [2.05, 4.69) is 31.3 Å². The fraction of sp³-hybridized carbons (Fsp3) is 0.571. The van der Waals surface area contributed by atoms with E-state index in [1.54, 1.807) is 0 Å². The summed E-state index contributed by atoms with van der Waals surface area (Å²) in [5, 5.41) is 4.30. The van der Waals surface area contributed by atoms with Crippen LogP contribution in [0.1, 0.15) is 44.2 Å². The lowest BCUT2D eigenvalue weighted by atomic mass is 10.0. The summed E-state index contributed by atoms with van der Waals surface area (Å²) >= 11 is 6.04. The van der Waals surface area contributed by atoms with Gasteiger partial charge in [0, 0.05) is 11.6 Å². The van der Waals surface area contributed by atoms with Gasteiger partial charge in [0.2, 0.25) is 0 Å². The minimum absolute atomic E-state index is 0.852. The minimum Gasteiger partial charge on any atom is -0.313 e. The first-order chi connectivity index (χ1) is 7.77. The molecule has 0 aliphatic carbocycles. The van der Waals surface area contributed by atoms with Crippen molar-refractivity contribution >= 4 is 11.6 Å². The quantitative estimate of drug-likeness (QED) is 0.704. The summed E-state index contributed by atoms with van der Waals surface area (Å²) in [6.45, 7) is 6.45. The standard InChI is InChI=1S/C14H22ClN/c1-3-5-6-12-10-14(15)8-7-13(12)11-16-9-4-2/h7-8,10,16H,3-6,9,11H2,1-2H3. The van der Waals surface area contributed by atoms with Gasteiger partial charge in [-0.05, 0) is 49.1 Å². The molecule has 1 rings (SSSR count). The van der Waals surface area contributed by atoms with E-state index in [0.717, 1.165) is 24.5 Å². The lowest BCUT2D eigenvalue weighted by Crippen LogP contribution is -2.15. The highest BCUT2D eigenvalue weighted by Gasteiger charge is 2.02. The zero-order chi connectivity index (χ0) is 11.8. The topological polar surface area (TPSA) is 12.0 Å². The molecule has 0 fully saturated rings. The molecule has 0 heterocycles. The summed E-state index contributed by atoms with van der Waals surface area (Å²) in [6.07, 6.45) is 4.79. The van der Waals surface area contributed by atoms with E-state index in [-0.39, 0.29) is 0 Å². The van der Waals surface area contributed by atoms with Crippen LogP contribution in [0, 0.1) is 0 Å². The molecule has 2 heteroatoms. The highest BCUT2D eigenvalue weighted by Crippen LogP contribution is 2.18. The number of hydrogen-bond donors (Lipinski definition) is 1. The van der Waals surface area contributed by atoms with Crippen LogP contribution in [0.4, 0.5) is 0 Å². The van der Waals surface area contributed by atoms with Gasteiger partial charge in [-0.1, -0.05) is 37.9 Å². The molecule has 0 amide bonds. The van der Waals surface area contributed by atoms with Gasteiger partial charge in [0.05, 0.1) is 0 Å². The van der Waals surface area contributed by atoms with E-state index in [4.69, 9.17) is 11.6 Å². The number of hydrogen-bond acceptors (Lipinski definition) is 1. The van der Waals surface area contributed by atoms with Crippen LogP contribution in [0.15, 0.2) is 18.2 Å². The molecule has 1 N–H and O–H groups in total. The van der Waals surface area contributed by atoms with Crippen molar-refractivity contribution in [1.29, 1.82) is 0 Å². The van der Waals surface area contributed by atoms with Crippen molar-refractivity contribution in [3.8, 4) is 0 Å². The molecule has 90 valence electrons. The lowest BCUT2D eigenvalue weighted by molar-refractivity contribution is 0.667. The van der Waals surface area contributed by atoms with Crippen LogP contribution in [-0.4, -0.2) is 6.54 Å². The average molecular weight is 240 g/mol. The second kappa shape index (κ2) is 7.70. The summed E-state index contributed by atoms with van der Waals surface area (Å²) in [7, 11) is 0. The largest absolute Gasteiger partial charge is 0.313 e. The van der Waals surface area contributed by atoms with Gasteiger partial charge < -0.3 is 5.32 Å². The van der Waals surface area contributed by atoms with E-state index in [1.165, 1.54) is 30.4 Å². The summed E-state index contributed by atoms with van der Waals surface area (Å²) in [5.74, 6) is 0. The number of nitrogens with one attached hydrogen (secondary N) is 1. The minimum atomic E-state index is 0.852. The molecule has 16 heavy (non-hydrogen) atoms. The molecule has 0 aromatic heterocycles. The van der Waals surface area contributed by atoms with Gasteiger partial charge in [0.1, 0.15) is 0 Å². The molecule has 0 radical (unpaired) electrons. The molecular weight excluding hydrogens is 218 g/mol. The van der Waals surface area contributed by atoms with Crippen LogP contribution in [0.5, 0.6) is 0 Å². The van der Waals surface area contributed by atoms with Crippen molar-refractivity contribution in [2.75, 3.05) is 6.54 Å². The molecule has 0 saturated carbocycles. The zero-order valence-electron chi connectivity index (χ0n) is 10.4. The van der Waals surface area contributed by atoms with E-state index >= 15 is 0 Å². The maximum atomic E-state index is 6.04. The molecule has 1 aromatic carbocycles. The zero-order valence-corrected chi connectivity index (χ0v) is 11.1. The molecule has 0 atom stereocenters. The third kappa shape index (κ3) is 4.54. The lowest BCUT2D eigenvalue weighted by Gasteiger charge is -2.10. The number of aryl methyl sites for hydroxylation is 1. The first-order valence-corrected chi connectivity index (χ1v) is 6.63. The van der Waals surface area contributed by atoms with Crippen molar-refractivity contribution in [3.05, 3.63) is 34.3 Å². The van der Waals surface area contributed by atoms with Crippen LogP contribution >= 0.6 is 11.6 Å². The Kier molecular flexibility index (Phi) is 6.51. The monoisotopic (exact) mass is 239 g/mol. The van der Waals surface area contributed by atoms with E-state index in [1.807, 2.05) is 6.07 Å². The van der Waals surface area contributed by atoms with Crippen LogP contribution in [-0.2, 0) is 13.0 Å². The van der Waals surface area contributed by atoms with Gasteiger partial charge in [0.25, 0.3) is 0 Å². The Morgan fingerprint density at radius 2 is 1.94 bits per heavy atom. The molecule has 0 saturated heterocycles. The first-order valence-electron chi connectivity index (χ1n) is 6.26. The van der Waals surface area contributed by atoms with Crippen molar-refractivity contribution in [2.45, 2.75) is 46.1 Å². The molecule has 0 aliphatic heterocycles. The summed E-state index contributed by atoms with van der Waals surface area (Å²) in [6, 6.07) is 6.25. The van der Waals surface area contributed by atoms with E-state index in [9.17, 15) is 0 Å². The Morgan fingerprint density at radius 1 is 1.12 bits per heavy atom. The summed E-state index contributed by atoms with van der Waals surface area (Å²) in [4.78, 5) is 0. The van der Waals surface area contributed by atoms with Crippen LogP contribution in [0.25, 0.3) is 0 Å². The predicted octanol–water partition coefficient (Wildman–Crippen LogP) is 4.18. The van der Waals surface area contributed by atoms with Gasteiger partial charge in [-0.25, -0.2) is 0 Å². The highest BCUT2D eigenvalue weighted by atomic mass is 35.5. The van der Waals surface area contributed by atoms with E-state index in [0.29, 0.717) is 0 Å². The maximum Gasteiger partial charge on any atom is 0.0408 e. The highest BCUT2D eigenvalue weighted by molar-refractivity contribution is 6.30. The Balaban J connectivity index is 2.64. The Morgan fingerprint density at radius 3 is 2.62 bits per heavy atom. The van der Waals surface area contributed by atoms with Crippen LogP contribution < -0.4 is 5.32 Å². The maximum absolute atomic E-state index is 6.04. The third-order valence-corrected chi connectivity index (χ3v) is 2.95. The normalized spacial score (nSPS) is 10.7. The van der Waals surface area contributed by atoms with Gasteiger partial charge in [-0.2, -0.15) is 0 Å². The molecule has 0 aliphatic rings. The fourth-order valence-electron chi connectivity index (χ4n) is 1.77. The molecule has 0 bridgehead atoms. The summed E-state index contributed by atoms with van der Waals surface area (Å²) < 4.78 is 0. The second-order valence-electron chi connectivity index (χ2n) is 4.19. The Bertz CT molecular complexity index is 310. The van der Waals surface area contributed by atoms with E-state index < -0.39 is 0 Å². The fourth-order valence-corrected chi connectivity index (χ4v) is 1.96. The number of benzene rings is 1. The van der Waals surface area contributed by atoms with Gasteiger partial charge >= 0.3 is 0 Å². The molecule has 0 unspecified atom stereocenters. The van der Waals surface area contributed by atoms with Gasteiger partial charge in [0.15, 0.2) is 0 Å². The molecule has 0 spiro atoms. The average Bonchev–Trinajstić information content (AvgIpc) is 2.29. The van der Waals surface area contributed by atoms with Crippen molar-refractivity contribution in [2.24, 2.45) is 0 Å². The molecular formula is C14H22ClN. The Hall–Kier alpha value is -0.530. The van der Waals surface area contributed by atoms with Crippen LogP contribution in [0.3, 0.4) is 0 Å². The number of halogens is 1. The van der Waals surface area contributed by atoms with Crippen molar-refractivity contribution in [3.63, 3.8) is 0 Å². The molecule has 1 nitrogen and oxygen atoms in total.